The minimum Gasteiger partial charge on any atom is -0.370 e. The lowest BCUT2D eigenvalue weighted by Gasteiger charge is -2.28. The van der Waals surface area contributed by atoms with Crippen molar-refractivity contribution in [1.29, 1.82) is 10.8 Å². The highest BCUT2D eigenvalue weighted by Crippen LogP contribution is 2.20. The van der Waals surface area contributed by atoms with Gasteiger partial charge in [-0.1, -0.05) is 41.9 Å². The van der Waals surface area contributed by atoms with Crippen molar-refractivity contribution in [2.45, 2.75) is 126 Å². The number of para-hydroxylation sites is 1. The van der Waals surface area contributed by atoms with Gasteiger partial charge < -0.3 is 81.1 Å². The van der Waals surface area contributed by atoms with E-state index in [1.807, 2.05) is 18.2 Å². The molecular formula is C49H70ClN17O10. The van der Waals surface area contributed by atoms with Crippen LogP contribution in [0.1, 0.15) is 82.3 Å². The largest absolute Gasteiger partial charge is 0.370 e. The average Bonchev–Trinajstić information content (AvgIpc) is 3.77. The Balaban J connectivity index is 1.79. The number of nitrogens with two attached hydrogens (primary N) is 4. The molecule has 2 heterocycles. The van der Waals surface area contributed by atoms with Gasteiger partial charge in [-0.2, -0.15) is 0 Å². The second kappa shape index (κ2) is 30.8. The predicted molar refractivity (Wildman–Crippen MR) is 284 cm³/mol. The third-order valence-corrected chi connectivity index (χ3v) is 12.5. The molecule has 1 aliphatic heterocycles. The lowest BCUT2D eigenvalue weighted by atomic mass is 10.0. The van der Waals surface area contributed by atoms with Gasteiger partial charge in [0.15, 0.2) is 11.9 Å². The fourth-order valence-electron chi connectivity index (χ4n) is 8.32. The number of carbonyl (C=O) groups is 10. The molecule has 1 unspecified atom stereocenters. The Morgan fingerprint density at radius 3 is 1.99 bits per heavy atom. The summed E-state index contributed by atoms with van der Waals surface area (Å²) in [7, 11) is 0. The Hall–Kier alpha value is -8.49. The minimum absolute atomic E-state index is 0.0121. The van der Waals surface area contributed by atoms with Gasteiger partial charge in [-0.25, -0.2) is 0 Å². The van der Waals surface area contributed by atoms with Crippen LogP contribution in [-0.4, -0.2) is 138 Å². The second-order valence-corrected chi connectivity index (χ2v) is 18.9. The summed E-state index contributed by atoms with van der Waals surface area (Å²) in [5.41, 5.74) is 23.9. The normalized spacial score (nSPS) is 20.8. The molecule has 418 valence electrons. The maximum absolute atomic E-state index is 14.7. The number of rotatable bonds is 19. The number of aromatic amines is 1. The number of carbonyl (C=O) groups excluding carboxylic acids is 10. The van der Waals surface area contributed by atoms with Crippen LogP contribution in [0.25, 0.3) is 10.9 Å². The molecule has 21 N–H and O–H groups in total. The zero-order valence-corrected chi connectivity index (χ0v) is 43.4. The predicted octanol–water partition coefficient (Wildman–Crippen LogP) is -3.01. The number of guanidine groups is 2. The molecule has 0 bridgehead atoms. The summed E-state index contributed by atoms with van der Waals surface area (Å²) in [6, 6.07) is 3.26. The first-order valence-electron chi connectivity index (χ1n) is 25.0. The molecule has 28 heteroatoms. The standard InChI is InChI=1S/C49H70ClN17O10/c1-26(68)61-33(14-7-19-58-48(53)54)42(72)67-38-24-40(70)57-18-5-4-13-32(41(52)71)62-46(76)37(23-28-25-60-31-12-3-2-11-30(28)31)66-43(73)34(15-8-20-59-49(55)56)63-45(75)36(22-27-9-6-10-29(50)21-27)65-44(74)35(64-47(38)77)16-17-39(51)69/h2-3,6,9-12,21,25,32-38,60H,4-5,7-8,13-20,22-24H2,1H3,(H2,51,69)(H2,52,71)(H,57,70)(H,61,68)(H,62,76)(H,63,75)(H,64,77)(H,65,74)(H,66,73)(H,67,72)(H4,53,54,58)(H4,55,56,59)/t32?,33-,34+,35+,36-,37+,38+/m1/s1. The minimum atomic E-state index is -1.73. The van der Waals surface area contributed by atoms with Gasteiger partial charge in [0, 0.05) is 67.9 Å². The van der Waals surface area contributed by atoms with Crippen LogP contribution in [0.5, 0.6) is 0 Å². The Bertz CT molecular complexity index is 2630. The van der Waals surface area contributed by atoms with E-state index in [0.29, 0.717) is 11.1 Å². The highest BCUT2D eigenvalue weighted by atomic mass is 35.5. The first-order chi connectivity index (χ1) is 36.6. The van der Waals surface area contributed by atoms with Crippen molar-refractivity contribution in [3.63, 3.8) is 0 Å². The number of amides is 10. The monoisotopic (exact) mass is 1090 g/mol. The Labute approximate surface area is 448 Å². The fraction of sp³-hybridized carbons (Fsp3) is 0.469. The molecule has 0 radical (unpaired) electrons. The zero-order chi connectivity index (χ0) is 56.6. The molecular weight excluding hydrogens is 1020 g/mol. The van der Waals surface area contributed by atoms with Crippen LogP contribution in [0.3, 0.4) is 0 Å². The second-order valence-electron chi connectivity index (χ2n) is 18.4. The molecule has 1 fully saturated rings. The van der Waals surface area contributed by atoms with E-state index in [9.17, 15) is 47.9 Å². The summed E-state index contributed by atoms with van der Waals surface area (Å²) in [4.78, 5) is 140. The topological polar surface area (TPSA) is 459 Å². The van der Waals surface area contributed by atoms with Gasteiger partial charge in [0.1, 0.15) is 42.3 Å². The van der Waals surface area contributed by atoms with Gasteiger partial charge in [-0.05, 0) is 80.7 Å². The summed E-state index contributed by atoms with van der Waals surface area (Å²) in [6.45, 7) is 1.35. The van der Waals surface area contributed by atoms with Crippen molar-refractivity contribution in [2.24, 2.45) is 22.9 Å². The molecule has 10 amide bonds. The SMILES string of the molecule is CC(=O)N[C@H](CCCNC(=N)N)C(=O)N[C@H]1CC(=O)NCCCCC(C(N)=O)NC(=O)[C@H](Cc2c[nH]c3ccccc23)NC(=O)[C@H](CCCNC(=N)N)NC(=O)[C@@H](Cc2cccc(Cl)c2)NC(=O)[C@H](CCC(N)=O)NC1=O. The summed E-state index contributed by atoms with van der Waals surface area (Å²) in [5.74, 6) is -9.44. The highest BCUT2D eigenvalue weighted by Gasteiger charge is 2.35. The quantitative estimate of drug-likeness (QED) is 0.0323. The van der Waals surface area contributed by atoms with E-state index < -0.39 is 121 Å². The lowest BCUT2D eigenvalue weighted by molar-refractivity contribution is -0.136. The first-order valence-corrected chi connectivity index (χ1v) is 25.4. The summed E-state index contributed by atoms with van der Waals surface area (Å²) >= 11 is 6.32. The third kappa shape index (κ3) is 21.3. The smallest absolute Gasteiger partial charge is 0.243 e. The van der Waals surface area contributed by atoms with Crippen LogP contribution in [-0.2, 0) is 60.8 Å². The third-order valence-electron chi connectivity index (χ3n) is 12.2. The maximum atomic E-state index is 14.7. The van der Waals surface area contributed by atoms with E-state index in [4.69, 9.17) is 45.4 Å². The first kappa shape index (κ1) is 61.1. The van der Waals surface area contributed by atoms with E-state index >= 15 is 0 Å². The van der Waals surface area contributed by atoms with Crippen molar-refractivity contribution in [3.8, 4) is 0 Å². The van der Waals surface area contributed by atoms with Crippen molar-refractivity contribution in [3.05, 3.63) is 70.9 Å². The molecule has 77 heavy (non-hydrogen) atoms. The van der Waals surface area contributed by atoms with Crippen molar-refractivity contribution in [2.75, 3.05) is 19.6 Å². The number of aromatic nitrogens is 1. The van der Waals surface area contributed by atoms with Gasteiger partial charge >= 0.3 is 0 Å². The molecule has 4 rings (SSSR count). The Morgan fingerprint density at radius 1 is 0.727 bits per heavy atom. The molecule has 3 aromatic rings. The summed E-state index contributed by atoms with van der Waals surface area (Å²) in [6.07, 6.45) is 0.292. The van der Waals surface area contributed by atoms with E-state index in [1.54, 1.807) is 30.5 Å². The van der Waals surface area contributed by atoms with Crippen molar-refractivity contribution >= 4 is 93.5 Å². The van der Waals surface area contributed by atoms with E-state index in [0.717, 1.165) is 17.8 Å². The number of hydrogen-bond donors (Lipinski definition) is 17. The van der Waals surface area contributed by atoms with E-state index in [-0.39, 0.29) is 94.4 Å². The lowest BCUT2D eigenvalue weighted by Crippen LogP contribution is -2.60. The molecule has 27 nitrogen and oxygen atoms in total. The van der Waals surface area contributed by atoms with Crippen LogP contribution in [0.4, 0.5) is 0 Å². The number of hydrogen-bond acceptors (Lipinski definition) is 12. The number of benzene rings is 2. The van der Waals surface area contributed by atoms with Crippen LogP contribution in [0, 0.1) is 10.8 Å². The van der Waals surface area contributed by atoms with Crippen LogP contribution >= 0.6 is 11.6 Å². The molecule has 1 aromatic heterocycles. The van der Waals surface area contributed by atoms with E-state index in [2.05, 4.69) is 58.2 Å². The van der Waals surface area contributed by atoms with Crippen LogP contribution in [0.2, 0.25) is 5.02 Å². The van der Waals surface area contributed by atoms with Gasteiger partial charge in [0.25, 0.3) is 0 Å². The maximum Gasteiger partial charge on any atom is 0.243 e. The summed E-state index contributed by atoms with van der Waals surface area (Å²) in [5, 5.41) is 42.0. The average molecular weight is 1090 g/mol. The number of primary amides is 2. The summed E-state index contributed by atoms with van der Waals surface area (Å²) < 4.78 is 0. The van der Waals surface area contributed by atoms with Gasteiger partial charge in [0.2, 0.25) is 59.1 Å². The molecule has 7 atom stereocenters. The molecule has 2 aromatic carbocycles. The van der Waals surface area contributed by atoms with E-state index in [1.165, 1.54) is 6.07 Å². The number of nitrogens with one attached hydrogen (secondary N) is 13. The highest BCUT2D eigenvalue weighted by molar-refractivity contribution is 6.30. The van der Waals surface area contributed by atoms with Gasteiger partial charge in [0.05, 0.1) is 6.42 Å². The molecule has 0 spiro atoms. The molecule has 0 saturated carbocycles. The molecule has 1 aliphatic rings. The number of fused-ring (bicyclic) bond motifs is 1. The van der Waals surface area contributed by atoms with Crippen LogP contribution in [0.15, 0.2) is 54.7 Å². The Kier molecular flexibility index (Phi) is 24.4. The van der Waals surface area contributed by atoms with Crippen molar-refractivity contribution < 1.29 is 47.9 Å². The van der Waals surface area contributed by atoms with Crippen molar-refractivity contribution in [1.82, 2.24) is 58.2 Å². The number of H-pyrrole nitrogens is 1. The number of halogens is 1. The Morgan fingerprint density at radius 2 is 1.34 bits per heavy atom. The molecule has 1 saturated heterocycles. The van der Waals surface area contributed by atoms with Gasteiger partial charge in [-0.15, -0.1) is 0 Å². The van der Waals surface area contributed by atoms with Gasteiger partial charge in [-0.3, -0.25) is 58.8 Å². The molecule has 0 aliphatic carbocycles. The zero-order valence-electron chi connectivity index (χ0n) is 42.6. The van der Waals surface area contributed by atoms with Crippen LogP contribution < -0.4 is 76.1 Å². The fourth-order valence-corrected chi connectivity index (χ4v) is 8.54.